The van der Waals surface area contributed by atoms with E-state index in [-0.39, 0.29) is 16.6 Å². The van der Waals surface area contributed by atoms with Crippen LogP contribution in [0.1, 0.15) is 54.6 Å². The van der Waals surface area contributed by atoms with E-state index in [1.165, 1.54) is 6.07 Å². The van der Waals surface area contributed by atoms with Crippen molar-refractivity contribution >= 4 is 51.1 Å². The highest BCUT2D eigenvalue weighted by molar-refractivity contribution is 9.10. The third-order valence-electron chi connectivity index (χ3n) is 5.44. The minimum Gasteiger partial charge on any atom is -0.444 e. The van der Waals surface area contributed by atoms with Crippen molar-refractivity contribution in [3.8, 4) is 0 Å². The topological polar surface area (TPSA) is 58.6 Å². The fraction of sp³-hybridized carbons (Fsp3) is 0.417. The Labute approximate surface area is 220 Å². The molecule has 3 rings (SSSR count). The lowest BCUT2D eigenvalue weighted by Gasteiger charge is -2.39. The van der Waals surface area contributed by atoms with Crippen LogP contribution in [0.3, 0.4) is 0 Å². The zero-order valence-corrected chi connectivity index (χ0v) is 22.3. The maximum absolute atomic E-state index is 13.2. The van der Waals surface area contributed by atoms with Crippen LogP contribution in [0.4, 0.5) is 18.0 Å². The smallest absolute Gasteiger partial charge is 0.416 e. The molecule has 35 heavy (non-hydrogen) atoms. The van der Waals surface area contributed by atoms with E-state index in [0.29, 0.717) is 23.0 Å². The van der Waals surface area contributed by atoms with Crippen LogP contribution in [-0.2, 0) is 10.9 Å². The number of alkyl halides is 3. The summed E-state index contributed by atoms with van der Waals surface area (Å²) in [5, 5.41) is 3.51. The summed E-state index contributed by atoms with van der Waals surface area (Å²) in [6, 6.07) is 7.60. The minimum absolute atomic E-state index is 0.130. The van der Waals surface area contributed by atoms with Crippen molar-refractivity contribution in [2.24, 2.45) is 0 Å². The zero-order chi connectivity index (χ0) is 26.1. The van der Waals surface area contributed by atoms with E-state index in [4.69, 9.17) is 27.9 Å². The van der Waals surface area contributed by atoms with Crippen molar-refractivity contribution in [1.29, 1.82) is 0 Å². The van der Waals surface area contributed by atoms with E-state index >= 15 is 0 Å². The first-order valence-electron chi connectivity index (χ1n) is 10.8. The molecular weight excluding hydrogens is 572 g/mol. The zero-order valence-electron chi connectivity index (χ0n) is 19.2. The largest absolute Gasteiger partial charge is 0.444 e. The molecule has 1 N–H and O–H groups in total. The molecule has 2 amide bonds. The van der Waals surface area contributed by atoms with Crippen molar-refractivity contribution in [1.82, 2.24) is 10.2 Å². The van der Waals surface area contributed by atoms with E-state index in [2.05, 4.69) is 21.2 Å². The number of benzene rings is 2. The van der Waals surface area contributed by atoms with Crippen molar-refractivity contribution in [2.75, 3.05) is 13.1 Å². The van der Waals surface area contributed by atoms with E-state index in [0.717, 1.165) is 17.7 Å². The Bertz CT molecular complexity index is 1120. The van der Waals surface area contributed by atoms with Gasteiger partial charge in [0.15, 0.2) is 0 Å². The fourth-order valence-electron chi connectivity index (χ4n) is 3.83. The molecule has 1 aliphatic heterocycles. The van der Waals surface area contributed by atoms with Gasteiger partial charge in [-0.05, 0) is 63.1 Å². The highest BCUT2D eigenvalue weighted by atomic mass is 79.9. The molecule has 1 fully saturated rings. The maximum Gasteiger partial charge on any atom is 0.416 e. The first-order valence-corrected chi connectivity index (χ1v) is 12.3. The van der Waals surface area contributed by atoms with Crippen LogP contribution in [0.5, 0.6) is 0 Å². The van der Waals surface area contributed by atoms with Crippen molar-refractivity contribution in [2.45, 2.75) is 50.9 Å². The number of halogens is 6. The molecule has 0 aliphatic carbocycles. The van der Waals surface area contributed by atoms with Crippen molar-refractivity contribution < 1.29 is 27.5 Å². The summed E-state index contributed by atoms with van der Waals surface area (Å²) in [5.74, 6) is -1.05. The number of ether oxygens (including phenoxy) is 1. The number of hydrogen-bond donors (Lipinski definition) is 1. The average molecular weight is 596 g/mol. The van der Waals surface area contributed by atoms with E-state index in [1.807, 2.05) is 0 Å². The number of hydrogen-bond acceptors (Lipinski definition) is 3. The number of nitrogens with zero attached hydrogens (tertiary/aromatic N) is 1. The monoisotopic (exact) mass is 594 g/mol. The molecule has 0 spiro atoms. The van der Waals surface area contributed by atoms with Gasteiger partial charge in [-0.25, -0.2) is 4.79 Å². The molecule has 5 nitrogen and oxygen atoms in total. The van der Waals surface area contributed by atoms with Crippen molar-refractivity contribution in [3.63, 3.8) is 0 Å². The van der Waals surface area contributed by atoms with Gasteiger partial charge in [0.25, 0.3) is 5.91 Å². The van der Waals surface area contributed by atoms with Crippen LogP contribution in [0, 0.1) is 0 Å². The van der Waals surface area contributed by atoms with Gasteiger partial charge in [0, 0.05) is 35.1 Å². The Hall–Kier alpha value is -1.97. The summed E-state index contributed by atoms with van der Waals surface area (Å²) in [4.78, 5) is 27.2. The van der Waals surface area contributed by atoms with Gasteiger partial charge in [-0.1, -0.05) is 45.2 Å². The van der Waals surface area contributed by atoms with Gasteiger partial charge in [0.05, 0.1) is 15.6 Å². The number of piperidine rings is 1. The molecule has 2 aromatic rings. The van der Waals surface area contributed by atoms with Crippen LogP contribution in [-0.4, -0.2) is 41.6 Å². The molecule has 11 heteroatoms. The highest BCUT2D eigenvalue weighted by Gasteiger charge is 2.36. The van der Waals surface area contributed by atoms with Crippen LogP contribution < -0.4 is 5.32 Å². The quantitative estimate of drug-likeness (QED) is 0.405. The van der Waals surface area contributed by atoms with Crippen LogP contribution >= 0.6 is 39.1 Å². The third kappa shape index (κ3) is 7.27. The summed E-state index contributed by atoms with van der Waals surface area (Å²) in [6.07, 6.45) is -4.73. The fourth-order valence-corrected chi connectivity index (χ4v) is 4.63. The van der Waals surface area contributed by atoms with Gasteiger partial charge in [-0.2, -0.15) is 13.2 Å². The Morgan fingerprint density at radius 2 is 1.77 bits per heavy atom. The summed E-state index contributed by atoms with van der Waals surface area (Å²) in [7, 11) is 0. The van der Waals surface area contributed by atoms with E-state index in [9.17, 15) is 22.8 Å². The van der Waals surface area contributed by atoms with Gasteiger partial charge >= 0.3 is 12.3 Å². The van der Waals surface area contributed by atoms with Gasteiger partial charge in [-0.15, -0.1) is 0 Å². The first kappa shape index (κ1) is 27.6. The molecule has 0 aromatic heterocycles. The molecule has 190 valence electrons. The van der Waals surface area contributed by atoms with Gasteiger partial charge in [-0.3, -0.25) is 4.79 Å². The molecule has 0 bridgehead atoms. The second kappa shape index (κ2) is 10.6. The van der Waals surface area contributed by atoms with Crippen molar-refractivity contribution in [3.05, 3.63) is 67.6 Å². The highest BCUT2D eigenvalue weighted by Crippen LogP contribution is 2.34. The second-order valence-electron chi connectivity index (χ2n) is 9.30. The normalized spacial score (nSPS) is 18.8. The molecule has 0 saturated carbocycles. The van der Waals surface area contributed by atoms with Gasteiger partial charge < -0.3 is 15.0 Å². The number of rotatable bonds is 3. The molecule has 1 heterocycles. The molecule has 1 saturated heterocycles. The molecule has 2 aromatic carbocycles. The second-order valence-corrected chi connectivity index (χ2v) is 11.0. The van der Waals surface area contributed by atoms with Crippen LogP contribution in [0.15, 0.2) is 40.9 Å². The van der Waals surface area contributed by atoms with E-state index < -0.39 is 41.3 Å². The lowest BCUT2D eigenvalue weighted by molar-refractivity contribution is -0.137. The van der Waals surface area contributed by atoms with Gasteiger partial charge in [0.2, 0.25) is 0 Å². The molecular formula is C24H24BrCl2F3N2O3. The van der Waals surface area contributed by atoms with Gasteiger partial charge in [0.1, 0.15) is 5.60 Å². The SMILES string of the molecule is CC(C)(C)OC(=O)N1CC[C@@H](NC(=O)c2cc(Br)cc(C(F)(F)F)c2)[C@H](c2ccc(Cl)c(Cl)c2)C1. The Kier molecular flexibility index (Phi) is 8.34. The number of carbonyl (C=O) groups excluding carboxylic acids is 2. The summed E-state index contributed by atoms with van der Waals surface area (Å²) in [6.45, 7) is 5.80. The molecule has 0 unspecified atom stereocenters. The van der Waals surface area contributed by atoms with Crippen LogP contribution in [0.2, 0.25) is 10.0 Å². The number of carbonyl (C=O) groups is 2. The standard InChI is InChI=1S/C24H24BrCl2F3N2O3/c1-23(2,3)35-22(34)32-7-6-20(17(12-32)13-4-5-18(26)19(27)10-13)31-21(33)14-8-15(24(28,29)30)11-16(25)9-14/h4-5,8-11,17,20H,6-7,12H2,1-3H3,(H,31,33)/t17-,20+/m0/s1. The Morgan fingerprint density at radius 1 is 1.09 bits per heavy atom. The first-order chi connectivity index (χ1) is 16.1. The van der Waals surface area contributed by atoms with E-state index in [1.54, 1.807) is 43.9 Å². The molecule has 1 aliphatic rings. The minimum atomic E-state index is -4.60. The van der Waals surface area contributed by atoms with Crippen LogP contribution in [0.25, 0.3) is 0 Å². The Balaban J connectivity index is 1.88. The lowest BCUT2D eigenvalue weighted by Crippen LogP contribution is -2.52. The Morgan fingerprint density at radius 3 is 2.37 bits per heavy atom. The predicted octanol–water partition coefficient (Wildman–Crippen LogP) is 7.30. The predicted molar refractivity (Wildman–Crippen MR) is 132 cm³/mol. The third-order valence-corrected chi connectivity index (χ3v) is 6.64. The number of amides is 2. The summed E-state index contributed by atoms with van der Waals surface area (Å²) >= 11 is 15.3. The molecule has 0 radical (unpaired) electrons. The lowest BCUT2D eigenvalue weighted by atomic mass is 9.85. The number of likely N-dealkylation sites (tertiary alicyclic amines) is 1. The molecule has 2 atom stereocenters. The number of nitrogens with one attached hydrogen (secondary N) is 1. The maximum atomic E-state index is 13.2. The summed E-state index contributed by atoms with van der Waals surface area (Å²) < 4.78 is 45.3. The summed E-state index contributed by atoms with van der Waals surface area (Å²) in [5.41, 5.74) is -1.02. The average Bonchev–Trinajstić information content (AvgIpc) is 2.73.